The Morgan fingerprint density at radius 2 is 2.13 bits per heavy atom. The second-order valence-electron chi connectivity index (χ2n) is 7.89. The normalized spacial score (nSPS) is 17.6. The number of thiazole rings is 1. The Kier molecular flexibility index (Phi) is 4.39. The van der Waals surface area contributed by atoms with Gasteiger partial charge in [0.05, 0.1) is 20.7 Å². The Morgan fingerprint density at radius 3 is 2.90 bits per heavy atom. The van der Waals surface area contributed by atoms with Gasteiger partial charge in [0.2, 0.25) is 5.91 Å². The van der Waals surface area contributed by atoms with Gasteiger partial charge in [-0.2, -0.15) is 5.10 Å². The number of nitrogen functional groups attached to an aromatic ring is 1. The van der Waals surface area contributed by atoms with E-state index in [1.54, 1.807) is 16.0 Å². The molecule has 3 heterocycles. The van der Waals surface area contributed by atoms with Gasteiger partial charge in [-0.15, -0.1) is 11.3 Å². The smallest absolute Gasteiger partial charge is 0.220 e. The number of rotatable bonds is 4. The Morgan fingerprint density at radius 1 is 1.30 bits per heavy atom. The number of benzene rings is 2. The number of anilines is 1. The largest absolute Gasteiger partial charge is 0.489 e. The van der Waals surface area contributed by atoms with E-state index in [2.05, 4.69) is 34.7 Å². The number of carbonyl (C=O) groups excluding carboxylic acids is 1. The van der Waals surface area contributed by atoms with E-state index in [1.165, 1.54) is 0 Å². The number of aromatic nitrogens is 3. The molecule has 0 aliphatic carbocycles. The lowest BCUT2D eigenvalue weighted by molar-refractivity contribution is -0.119. The van der Waals surface area contributed by atoms with E-state index in [1.807, 2.05) is 27.0 Å². The average molecular weight is 422 g/mol. The molecule has 1 aliphatic rings. The van der Waals surface area contributed by atoms with E-state index in [0.29, 0.717) is 18.8 Å². The third-order valence-corrected chi connectivity index (χ3v) is 6.76. The van der Waals surface area contributed by atoms with Gasteiger partial charge >= 0.3 is 0 Å². The molecule has 2 unspecified atom stereocenters. The third kappa shape index (κ3) is 3.17. The lowest BCUT2D eigenvalue weighted by Crippen LogP contribution is -2.25. The van der Waals surface area contributed by atoms with Crippen LogP contribution >= 0.6 is 11.3 Å². The summed E-state index contributed by atoms with van der Waals surface area (Å²) in [6, 6.07) is 10.3. The number of fused-ring (bicyclic) bond motifs is 2. The molecule has 5 rings (SSSR count). The molecule has 30 heavy (non-hydrogen) atoms. The van der Waals surface area contributed by atoms with Crippen molar-refractivity contribution in [1.82, 2.24) is 20.1 Å². The number of aryl methyl sites for hydroxylation is 2. The Labute approximate surface area is 177 Å². The van der Waals surface area contributed by atoms with Crippen LogP contribution in [0.1, 0.15) is 18.4 Å². The van der Waals surface area contributed by atoms with Crippen molar-refractivity contribution >= 4 is 44.2 Å². The molecule has 8 heteroatoms. The predicted octanol–water partition coefficient (Wildman–Crippen LogP) is 3.64. The van der Waals surface area contributed by atoms with Crippen molar-refractivity contribution in [2.75, 3.05) is 12.3 Å². The fraction of sp³-hybridized carbons (Fsp3) is 0.318. The van der Waals surface area contributed by atoms with E-state index < -0.39 is 0 Å². The highest BCUT2D eigenvalue weighted by molar-refractivity contribution is 7.18. The third-order valence-electron chi connectivity index (χ3n) is 5.76. The summed E-state index contributed by atoms with van der Waals surface area (Å²) in [7, 11) is 1.89. The molecule has 0 bridgehead atoms. The van der Waals surface area contributed by atoms with Gasteiger partial charge in [0.1, 0.15) is 11.9 Å². The highest BCUT2D eigenvalue weighted by atomic mass is 32.1. The van der Waals surface area contributed by atoms with Gasteiger partial charge in [0, 0.05) is 31.3 Å². The maximum absolute atomic E-state index is 11.6. The molecule has 1 saturated heterocycles. The van der Waals surface area contributed by atoms with Crippen LogP contribution in [0.3, 0.4) is 0 Å². The molecule has 0 radical (unpaired) electrons. The maximum Gasteiger partial charge on any atom is 0.220 e. The molecule has 2 aromatic carbocycles. The van der Waals surface area contributed by atoms with Crippen LogP contribution < -0.4 is 15.8 Å². The van der Waals surface area contributed by atoms with Gasteiger partial charge in [0.15, 0.2) is 5.82 Å². The van der Waals surface area contributed by atoms with Crippen LogP contribution in [0.4, 0.5) is 5.82 Å². The number of hydrogen-bond acceptors (Lipinski definition) is 6. The first-order chi connectivity index (χ1) is 14.4. The summed E-state index contributed by atoms with van der Waals surface area (Å²) in [5.41, 5.74) is 10.0. The fourth-order valence-electron chi connectivity index (χ4n) is 4.10. The second-order valence-corrected chi connectivity index (χ2v) is 9.09. The van der Waals surface area contributed by atoms with Gasteiger partial charge in [-0.1, -0.05) is 6.07 Å². The van der Waals surface area contributed by atoms with Gasteiger partial charge in [0.25, 0.3) is 0 Å². The number of ether oxygens (including phenoxy) is 1. The summed E-state index contributed by atoms with van der Waals surface area (Å²) >= 11 is 1.62. The standard InChI is InChI=1S/C22H23N5O2S/c1-11(15-9-20(28)24-10-15)29-19-8-14(7-17-21(19)30-12(2)25-17)13-4-5-18-16(6-13)22(23)26-27(18)3/h4-8,11,15H,9-10H2,1-3H3,(H2,23,26)(H,24,28). The topological polar surface area (TPSA) is 95.1 Å². The highest BCUT2D eigenvalue weighted by Crippen LogP contribution is 2.38. The molecule has 2 aromatic heterocycles. The van der Waals surface area contributed by atoms with Crippen LogP contribution in [0.5, 0.6) is 5.75 Å². The first kappa shape index (κ1) is 18.9. The molecular formula is C22H23N5O2S. The first-order valence-corrected chi connectivity index (χ1v) is 10.8. The van der Waals surface area contributed by atoms with Gasteiger partial charge in [-0.3, -0.25) is 9.48 Å². The van der Waals surface area contributed by atoms with Crippen LogP contribution in [0.15, 0.2) is 30.3 Å². The predicted molar refractivity (Wildman–Crippen MR) is 120 cm³/mol. The van der Waals surface area contributed by atoms with Crippen LogP contribution in [-0.2, 0) is 11.8 Å². The minimum absolute atomic E-state index is 0.0822. The molecular weight excluding hydrogens is 398 g/mol. The second kappa shape index (κ2) is 6.98. The lowest BCUT2D eigenvalue weighted by Gasteiger charge is -2.20. The van der Waals surface area contributed by atoms with Crippen molar-refractivity contribution in [3.05, 3.63) is 35.3 Å². The summed E-state index contributed by atoms with van der Waals surface area (Å²) in [5.74, 6) is 1.57. The number of hydrogen-bond donors (Lipinski definition) is 2. The lowest BCUT2D eigenvalue weighted by atomic mass is 10.0. The van der Waals surface area contributed by atoms with E-state index in [4.69, 9.17) is 15.5 Å². The average Bonchev–Trinajstić information content (AvgIpc) is 3.39. The van der Waals surface area contributed by atoms with E-state index in [-0.39, 0.29) is 17.9 Å². The molecule has 1 fully saturated rings. The molecule has 4 aromatic rings. The van der Waals surface area contributed by atoms with Crippen LogP contribution in [-0.4, -0.2) is 33.3 Å². The summed E-state index contributed by atoms with van der Waals surface area (Å²) in [4.78, 5) is 16.3. The minimum atomic E-state index is -0.0822. The van der Waals surface area contributed by atoms with Crippen molar-refractivity contribution < 1.29 is 9.53 Å². The quantitative estimate of drug-likeness (QED) is 0.525. The molecule has 0 spiro atoms. The van der Waals surface area contributed by atoms with Crippen LogP contribution in [0.2, 0.25) is 0 Å². The van der Waals surface area contributed by atoms with Crippen molar-refractivity contribution in [2.24, 2.45) is 13.0 Å². The Balaban J connectivity index is 1.58. The zero-order valence-electron chi connectivity index (χ0n) is 17.1. The summed E-state index contributed by atoms with van der Waals surface area (Å²) < 4.78 is 9.20. The summed E-state index contributed by atoms with van der Waals surface area (Å²) in [6.07, 6.45) is 0.420. The van der Waals surface area contributed by atoms with Crippen molar-refractivity contribution in [3.8, 4) is 16.9 Å². The molecule has 1 aliphatic heterocycles. The SMILES string of the molecule is Cc1nc2cc(-c3ccc4c(c3)c(N)nn4C)cc(OC(C)C3CNC(=O)C3)c2s1. The van der Waals surface area contributed by atoms with Crippen molar-refractivity contribution in [1.29, 1.82) is 0 Å². The molecule has 0 saturated carbocycles. The van der Waals surface area contributed by atoms with Crippen molar-refractivity contribution in [2.45, 2.75) is 26.4 Å². The minimum Gasteiger partial charge on any atom is -0.489 e. The summed E-state index contributed by atoms with van der Waals surface area (Å²) in [5, 5.41) is 9.12. The number of carbonyl (C=O) groups is 1. The van der Waals surface area contributed by atoms with E-state index in [0.717, 1.165) is 43.0 Å². The Bertz CT molecular complexity index is 1290. The fourth-order valence-corrected chi connectivity index (χ4v) is 4.95. The van der Waals surface area contributed by atoms with Crippen LogP contribution in [0.25, 0.3) is 32.2 Å². The van der Waals surface area contributed by atoms with E-state index >= 15 is 0 Å². The molecule has 7 nitrogen and oxygen atoms in total. The zero-order valence-corrected chi connectivity index (χ0v) is 17.9. The summed E-state index contributed by atoms with van der Waals surface area (Å²) in [6.45, 7) is 4.68. The molecule has 3 N–H and O–H groups in total. The van der Waals surface area contributed by atoms with Gasteiger partial charge in [-0.05, 0) is 49.2 Å². The number of nitrogens with two attached hydrogens (primary N) is 1. The van der Waals surface area contributed by atoms with Gasteiger partial charge in [-0.25, -0.2) is 4.98 Å². The molecule has 2 atom stereocenters. The van der Waals surface area contributed by atoms with Crippen LogP contribution in [0, 0.1) is 12.8 Å². The highest BCUT2D eigenvalue weighted by Gasteiger charge is 2.28. The first-order valence-electron chi connectivity index (χ1n) is 9.96. The monoisotopic (exact) mass is 421 g/mol. The molecule has 1 amide bonds. The van der Waals surface area contributed by atoms with Crippen molar-refractivity contribution in [3.63, 3.8) is 0 Å². The molecule has 154 valence electrons. The number of nitrogens with zero attached hydrogens (tertiary/aromatic N) is 3. The zero-order chi connectivity index (χ0) is 21.0. The number of nitrogens with one attached hydrogen (secondary N) is 1. The van der Waals surface area contributed by atoms with E-state index in [9.17, 15) is 4.79 Å². The maximum atomic E-state index is 11.6. The van der Waals surface area contributed by atoms with Gasteiger partial charge < -0.3 is 15.8 Å². The number of amides is 1. The Hall–Kier alpha value is -3.13.